The van der Waals surface area contributed by atoms with Crippen molar-refractivity contribution < 1.29 is 9.47 Å². The van der Waals surface area contributed by atoms with Crippen molar-refractivity contribution in [3.63, 3.8) is 0 Å². The molecule has 3 aromatic rings. The Balaban J connectivity index is 1.82. The van der Waals surface area contributed by atoms with Gasteiger partial charge < -0.3 is 19.2 Å². The third-order valence-corrected chi connectivity index (χ3v) is 5.78. The molecule has 0 saturated carbocycles. The molecule has 1 aliphatic rings. The molecule has 2 aromatic heterocycles. The quantitative estimate of drug-likeness (QED) is 0.651. The van der Waals surface area contributed by atoms with Crippen LogP contribution < -0.4 is 14.8 Å². The summed E-state index contributed by atoms with van der Waals surface area (Å²) in [5.41, 5.74) is 4.11. The maximum atomic E-state index is 5.52. The van der Waals surface area contributed by atoms with Crippen molar-refractivity contribution in [1.29, 1.82) is 0 Å². The average molecular weight is 445 g/mol. The number of nitrogens with one attached hydrogen (secondary N) is 1. The first-order chi connectivity index (χ1) is 13.7. The third kappa shape index (κ3) is 3.74. The van der Waals surface area contributed by atoms with E-state index in [1.807, 2.05) is 30.3 Å². The Morgan fingerprint density at radius 2 is 1.96 bits per heavy atom. The number of fused-ring (bicyclic) bond motifs is 1. The molecular weight excluding hydrogens is 420 g/mol. The van der Waals surface area contributed by atoms with E-state index in [2.05, 4.69) is 36.7 Å². The first-order valence-corrected chi connectivity index (χ1v) is 10.3. The van der Waals surface area contributed by atoms with E-state index in [-0.39, 0.29) is 0 Å². The third-order valence-electron chi connectivity index (χ3n) is 5.16. The van der Waals surface area contributed by atoms with Crippen LogP contribution in [0.2, 0.25) is 0 Å². The number of methoxy groups -OCH3 is 2. The van der Waals surface area contributed by atoms with Gasteiger partial charge in [-0.25, -0.2) is 4.98 Å². The van der Waals surface area contributed by atoms with Crippen molar-refractivity contribution in [2.75, 3.05) is 40.4 Å². The lowest BCUT2D eigenvalue weighted by atomic mass is 10.1. The normalized spacial score (nSPS) is 15.5. The Hall–Kier alpha value is -2.09. The topological polar surface area (TPSA) is 51.0 Å². The van der Waals surface area contributed by atoms with Gasteiger partial charge in [-0.05, 0) is 65.8 Å². The maximum Gasteiger partial charge on any atom is 0.161 e. The van der Waals surface area contributed by atoms with Crippen molar-refractivity contribution in [1.82, 2.24) is 19.6 Å². The molecule has 3 heterocycles. The van der Waals surface area contributed by atoms with Crippen molar-refractivity contribution in [2.24, 2.45) is 0 Å². The second-order valence-electron chi connectivity index (χ2n) is 6.91. The standard InChI is InChI=1S/C21H25BrN4O2/c1-27-18-7-6-15(13-19(18)28-2)20-17(14-25-10-4-8-23-9-12-25)26-11-3-5-16(22)21(26)24-20/h3,5-7,11,13,23H,4,8-10,12,14H2,1-2H3. The highest BCUT2D eigenvalue weighted by Gasteiger charge is 2.20. The first kappa shape index (κ1) is 19.2. The van der Waals surface area contributed by atoms with E-state index in [0.29, 0.717) is 5.75 Å². The molecule has 1 aliphatic heterocycles. The minimum Gasteiger partial charge on any atom is -0.493 e. The second-order valence-corrected chi connectivity index (χ2v) is 7.76. The number of ether oxygens (including phenoxy) is 2. The number of halogens is 1. The molecule has 6 nitrogen and oxygen atoms in total. The summed E-state index contributed by atoms with van der Waals surface area (Å²) in [4.78, 5) is 7.47. The Labute approximate surface area is 173 Å². The van der Waals surface area contributed by atoms with Crippen LogP contribution in [-0.4, -0.2) is 54.7 Å². The van der Waals surface area contributed by atoms with Gasteiger partial charge >= 0.3 is 0 Å². The Kier molecular flexibility index (Phi) is 5.85. The lowest BCUT2D eigenvalue weighted by Gasteiger charge is -2.20. The zero-order valence-corrected chi connectivity index (χ0v) is 17.8. The summed E-state index contributed by atoms with van der Waals surface area (Å²) in [7, 11) is 3.31. The molecule has 1 aromatic carbocycles. The number of nitrogens with zero attached hydrogens (tertiary/aromatic N) is 3. The maximum absolute atomic E-state index is 5.52. The predicted octanol–water partition coefficient (Wildman–Crippen LogP) is 3.58. The summed E-state index contributed by atoms with van der Waals surface area (Å²) in [6.07, 6.45) is 3.24. The molecular formula is C21H25BrN4O2. The van der Waals surface area contributed by atoms with Gasteiger partial charge in [0.15, 0.2) is 17.1 Å². The lowest BCUT2D eigenvalue weighted by Crippen LogP contribution is -2.28. The lowest BCUT2D eigenvalue weighted by molar-refractivity contribution is 0.281. The van der Waals surface area contributed by atoms with Gasteiger partial charge in [0.05, 0.1) is 30.1 Å². The Morgan fingerprint density at radius 3 is 2.79 bits per heavy atom. The zero-order valence-electron chi connectivity index (χ0n) is 16.2. The van der Waals surface area contributed by atoms with Crippen molar-refractivity contribution in [3.05, 3.63) is 46.7 Å². The monoisotopic (exact) mass is 444 g/mol. The minimum absolute atomic E-state index is 0.709. The van der Waals surface area contributed by atoms with E-state index in [4.69, 9.17) is 14.5 Å². The highest BCUT2D eigenvalue weighted by molar-refractivity contribution is 9.10. The van der Waals surface area contributed by atoms with E-state index in [9.17, 15) is 0 Å². The molecule has 4 rings (SSSR count). The summed E-state index contributed by atoms with van der Waals surface area (Å²) >= 11 is 3.65. The molecule has 0 bridgehead atoms. The van der Waals surface area contributed by atoms with E-state index in [1.165, 1.54) is 5.69 Å². The number of benzene rings is 1. The van der Waals surface area contributed by atoms with Crippen molar-refractivity contribution in [3.8, 4) is 22.8 Å². The van der Waals surface area contributed by atoms with Crippen LogP contribution in [0.5, 0.6) is 11.5 Å². The molecule has 0 radical (unpaired) electrons. The highest BCUT2D eigenvalue weighted by atomic mass is 79.9. The van der Waals surface area contributed by atoms with E-state index in [1.54, 1.807) is 14.2 Å². The molecule has 0 atom stereocenters. The second kappa shape index (κ2) is 8.51. The van der Waals surface area contributed by atoms with Crippen LogP contribution >= 0.6 is 15.9 Å². The fourth-order valence-electron chi connectivity index (χ4n) is 3.72. The van der Waals surface area contributed by atoms with Gasteiger partial charge in [-0.3, -0.25) is 4.90 Å². The van der Waals surface area contributed by atoms with Gasteiger partial charge in [-0.15, -0.1) is 0 Å². The predicted molar refractivity (Wildman–Crippen MR) is 114 cm³/mol. The molecule has 0 amide bonds. The van der Waals surface area contributed by atoms with Crippen molar-refractivity contribution in [2.45, 2.75) is 13.0 Å². The zero-order chi connectivity index (χ0) is 19.5. The number of hydrogen-bond acceptors (Lipinski definition) is 5. The van der Waals surface area contributed by atoms with Crippen molar-refractivity contribution >= 4 is 21.6 Å². The molecule has 148 valence electrons. The molecule has 7 heteroatoms. The highest BCUT2D eigenvalue weighted by Crippen LogP contribution is 2.35. The largest absolute Gasteiger partial charge is 0.493 e. The van der Waals surface area contributed by atoms with E-state index in [0.717, 1.165) is 66.3 Å². The van der Waals surface area contributed by atoms with Gasteiger partial charge in [0.2, 0.25) is 0 Å². The summed E-state index contributed by atoms with van der Waals surface area (Å²) in [5, 5.41) is 3.48. The SMILES string of the molecule is COc1ccc(-c2nc3c(Br)cccn3c2CN2CCCNCC2)cc1OC. The number of pyridine rings is 1. The fourth-order valence-corrected chi connectivity index (χ4v) is 4.15. The molecule has 1 N–H and O–H groups in total. The molecule has 0 aliphatic carbocycles. The Morgan fingerprint density at radius 1 is 1.11 bits per heavy atom. The van der Waals surface area contributed by atoms with Crippen LogP contribution in [0.15, 0.2) is 41.0 Å². The first-order valence-electron chi connectivity index (χ1n) is 9.52. The minimum atomic E-state index is 0.709. The summed E-state index contributed by atoms with van der Waals surface area (Å²) in [6.45, 7) is 5.07. The smallest absolute Gasteiger partial charge is 0.161 e. The van der Waals surface area contributed by atoms with Gasteiger partial charge in [0.25, 0.3) is 0 Å². The van der Waals surface area contributed by atoms with Crippen LogP contribution in [0.3, 0.4) is 0 Å². The van der Waals surface area contributed by atoms with Crippen LogP contribution in [0.4, 0.5) is 0 Å². The van der Waals surface area contributed by atoms with Crippen LogP contribution in [0, 0.1) is 0 Å². The summed E-state index contributed by atoms with van der Waals surface area (Å²) < 4.78 is 14.1. The van der Waals surface area contributed by atoms with Crippen LogP contribution in [0.25, 0.3) is 16.9 Å². The molecule has 0 unspecified atom stereocenters. The number of rotatable bonds is 5. The number of imidazole rings is 1. The van der Waals surface area contributed by atoms with E-state index < -0.39 is 0 Å². The molecule has 28 heavy (non-hydrogen) atoms. The molecule has 1 saturated heterocycles. The van der Waals surface area contributed by atoms with Crippen LogP contribution in [0.1, 0.15) is 12.1 Å². The van der Waals surface area contributed by atoms with Gasteiger partial charge in [-0.2, -0.15) is 0 Å². The molecule has 0 spiro atoms. The van der Waals surface area contributed by atoms with Gasteiger partial charge in [0.1, 0.15) is 0 Å². The van der Waals surface area contributed by atoms with Gasteiger partial charge in [0, 0.05) is 31.4 Å². The molecule has 1 fully saturated rings. The summed E-state index contributed by atoms with van der Waals surface area (Å²) in [5.74, 6) is 1.43. The summed E-state index contributed by atoms with van der Waals surface area (Å²) in [6, 6.07) is 10.1. The number of hydrogen-bond donors (Lipinski definition) is 1. The van der Waals surface area contributed by atoms with Crippen LogP contribution in [-0.2, 0) is 6.54 Å². The van der Waals surface area contributed by atoms with Gasteiger partial charge in [-0.1, -0.05) is 0 Å². The average Bonchev–Trinajstić information content (AvgIpc) is 2.90. The number of aromatic nitrogens is 2. The fraction of sp³-hybridized carbons (Fsp3) is 0.381. The Bertz CT molecular complexity index is 964. The van der Waals surface area contributed by atoms with E-state index >= 15 is 0 Å².